The van der Waals surface area contributed by atoms with Crippen molar-refractivity contribution in [2.45, 2.75) is 44.8 Å². The molecule has 0 aliphatic heterocycles. The van der Waals surface area contributed by atoms with Crippen LogP contribution < -0.4 is 0 Å². The molecule has 0 bridgehead atoms. The van der Waals surface area contributed by atoms with Gasteiger partial charge in [-0.3, -0.25) is 0 Å². The van der Waals surface area contributed by atoms with Crippen LogP contribution in [0.4, 0.5) is 0 Å². The lowest BCUT2D eigenvalue weighted by Crippen LogP contribution is -2.33. The van der Waals surface area contributed by atoms with Crippen LogP contribution in [0.1, 0.15) is 0 Å². The third-order valence-electron chi connectivity index (χ3n) is 2.05. The van der Waals surface area contributed by atoms with Crippen molar-refractivity contribution in [3.63, 3.8) is 0 Å². The number of hydrogen-bond acceptors (Lipinski definition) is 2. The van der Waals surface area contributed by atoms with E-state index in [1.165, 1.54) is 12.1 Å². The monoisotopic (exact) mass is 278 g/mol. The summed E-state index contributed by atoms with van der Waals surface area (Å²) in [5.41, 5.74) is 1.98. The zero-order valence-corrected chi connectivity index (χ0v) is 15.8. The van der Waals surface area contributed by atoms with Gasteiger partial charge in [0, 0.05) is 0 Å². The summed E-state index contributed by atoms with van der Waals surface area (Å²) in [4.78, 5) is 0. The summed E-state index contributed by atoms with van der Waals surface area (Å²) in [5, 5.41) is 0. The SMILES string of the molecule is C=C[SiH2]O[Si](C)(C)CC[SiH2]O[Si](C)(C)C. The van der Waals surface area contributed by atoms with Gasteiger partial charge in [-0.1, -0.05) is 5.70 Å². The fourth-order valence-corrected chi connectivity index (χ4v) is 11.1. The zero-order chi connectivity index (χ0) is 11.9. The van der Waals surface area contributed by atoms with Crippen LogP contribution in [0.25, 0.3) is 0 Å². The van der Waals surface area contributed by atoms with Gasteiger partial charge in [-0.05, 0) is 44.8 Å². The predicted octanol–water partition coefficient (Wildman–Crippen LogP) is 1.79. The van der Waals surface area contributed by atoms with Gasteiger partial charge >= 0.3 is 0 Å². The minimum atomic E-state index is -1.36. The van der Waals surface area contributed by atoms with Gasteiger partial charge < -0.3 is 8.23 Å². The standard InChI is InChI=1S/C9H26O2Si4/c1-7-12-11-15(5,6)9-8-13-10-14(2,3)4/h7H,1,8-9,12-13H2,2-6H3. The third-order valence-corrected chi connectivity index (χ3v) is 13.3. The van der Waals surface area contributed by atoms with E-state index in [1.54, 1.807) is 0 Å². The van der Waals surface area contributed by atoms with Gasteiger partial charge in [-0.25, -0.2) is 0 Å². The van der Waals surface area contributed by atoms with Crippen LogP contribution >= 0.6 is 0 Å². The summed E-state index contributed by atoms with van der Waals surface area (Å²) in [5.74, 6) is 0. The Hall–Kier alpha value is 0.528. The molecule has 0 atom stereocenters. The van der Waals surface area contributed by atoms with E-state index < -0.39 is 26.4 Å². The average molecular weight is 279 g/mol. The Balaban J connectivity index is 3.61. The molecule has 0 aromatic carbocycles. The first-order chi connectivity index (χ1) is 6.77. The van der Waals surface area contributed by atoms with Crippen molar-refractivity contribution in [3.8, 4) is 0 Å². The summed E-state index contributed by atoms with van der Waals surface area (Å²) in [6, 6.07) is 2.56. The fraction of sp³-hybridized carbons (Fsp3) is 0.778. The maximum atomic E-state index is 5.96. The molecule has 0 aromatic rings. The summed E-state index contributed by atoms with van der Waals surface area (Å²) in [6.07, 6.45) is 0. The van der Waals surface area contributed by atoms with Crippen molar-refractivity contribution in [1.82, 2.24) is 0 Å². The van der Waals surface area contributed by atoms with E-state index >= 15 is 0 Å². The van der Waals surface area contributed by atoms with Gasteiger partial charge in [0.25, 0.3) is 0 Å². The van der Waals surface area contributed by atoms with Crippen LogP contribution in [-0.2, 0) is 8.23 Å². The molecule has 0 rings (SSSR count). The van der Waals surface area contributed by atoms with Crippen molar-refractivity contribution in [3.05, 3.63) is 12.3 Å². The Morgan fingerprint density at radius 2 is 1.73 bits per heavy atom. The lowest BCUT2D eigenvalue weighted by Gasteiger charge is -2.23. The van der Waals surface area contributed by atoms with Crippen molar-refractivity contribution in [2.75, 3.05) is 0 Å². The maximum absolute atomic E-state index is 5.96. The fourth-order valence-electron chi connectivity index (χ4n) is 1.23. The molecule has 0 aliphatic rings. The topological polar surface area (TPSA) is 18.5 Å². The Labute approximate surface area is 102 Å². The lowest BCUT2D eigenvalue weighted by molar-refractivity contribution is 0.581. The molecule has 0 spiro atoms. The molecular weight excluding hydrogens is 252 g/mol. The largest absolute Gasteiger partial charge is 0.461 e. The highest BCUT2D eigenvalue weighted by molar-refractivity contribution is 6.77. The third kappa shape index (κ3) is 10.8. The Kier molecular flexibility index (Phi) is 7.22. The van der Waals surface area contributed by atoms with Crippen molar-refractivity contribution >= 4 is 36.2 Å². The van der Waals surface area contributed by atoms with E-state index in [2.05, 4.69) is 39.3 Å². The lowest BCUT2D eigenvalue weighted by atomic mass is 10.9. The molecule has 0 N–H and O–H groups in total. The molecule has 0 saturated carbocycles. The maximum Gasteiger partial charge on any atom is 0.173 e. The Bertz CT molecular complexity index is 189. The molecule has 0 unspecified atom stereocenters. The molecule has 0 aromatic heterocycles. The molecule has 0 saturated heterocycles. The highest BCUT2D eigenvalue weighted by Crippen LogP contribution is 2.14. The molecule has 0 aliphatic carbocycles. The second-order valence-electron chi connectivity index (χ2n) is 5.42. The quantitative estimate of drug-likeness (QED) is 0.498. The van der Waals surface area contributed by atoms with Crippen molar-refractivity contribution in [1.29, 1.82) is 0 Å². The van der Waals surface area contributed by atoms with Gasteiger partial charge in [0.2, 0.25) is 0 Å². The van der Waals surface area contributed by atoms with Crippen molar-refractivity contribution in [2.24, 2.45) is 0 Å². The van der Waals surface area contributed by atoms with Gasteiger partial charge in [0.1, 0.15) is 9.76 Å². The van der Waals surface area contributed by atoms with Gasteiger partial charge in [-0.15, -0.1) is 6.58 Å². The summed E-state index contributed by atoms with van der Waals surface area (Å²) < 4.78 is 11.9. The minimum Gasteiger partial charge on any atom is -0.461 e. The summed E-state index contributed by atoms with van der Waals surface area (Å²) in [6.45, 7) is 15.2. The summed E-state index contributed by atoms with van der Waals surface area (Å²) in [7, 11) is -3.34. The Morgan fingerprint density at radius 3 is 2.20 bits per heavy atom. The first-order valence-electron chi connectivity index (χ1n) is 5.66. The van der Waals surface area contributed by atoms with E-state index in [-0.39, 0.29) is 9.76 Å². The molecule has 90 valence electrons. The molecule has 15 heavy (non-hydrogen) atoms. The van der Waals surface area contributed by atoms with Gasteiger partial charge in [-0.2, -0.15) is 0 Å². The molecule has 0 amide bonds. The van der Waals surface area contributed by atoms with E-state index in [9.17, 15) is 0 Å². The number of rotatable bonds is 8. The molecule has 0 fully saturated rings. The van der Waals surface area contributed by atoms with E-state index in [4.69, 9.17) is 8.23 Å². The summed E-state index contributed by atoms with van der Waals surface area (Å²) >= 11 is 0. The Morgan fingerprint density at radius 1 is 1.13 bits per heavy atom. The van der Waals surface area contributed by atoms with E-state index in [0.29, 0.717) is 0 Å². The molecule has 2 nitrogen and oxygen atoms in total. The minimum absolute atomic E-state index is 0.290. The molecule has 0 radical (unpaired) electrons. The molecule has 6 heteroatoms. The van der Waals surface area contributed by atoms with Crippen LogP contribution in [0.15, 0.2) is 12.3 Å². The van der Waals surface area contributed by atoms with E-state index in [1.807, 2.05) is 5.70 Å². The normalized spacial score (nSPS) is 14.5. The van der Waals surface area contributed by atoms with Crippen LogP contribution in [0.3, 0.4) is 0 Å². The predicted molar refractivity (Wildman–Crippen MR) is 79.9 cm³/mol. The molecule has 0 heterocycles. The molecular formula is C9H26O2Si4. The van der Waals surface area contributed by atoms with Crippen LogP contribution in [0, 0.1) is 0 Å². The van der Waals surface area contributed by atoms with Crippen LogP contribution in [-0.4, -0.2) is 36.2 Å². The first-order valence-corrected chi connectivity index (χ1v) is 15.2. The second kappa shape index (κ2) is 6.97. The van der Waals surface area contributed by atoms with Gasteiger partial charge in [0.15, 0.2) is 26.4 Å². The average Bonchev–Trinajstić information content (AvgIpc) is 2.08. The first kappa shape index (κ1) is 15.5. The van der Waals surface area contributed by atoms with Gasteiger partial charge in [0.05, 0.1) is 0 Å². The zero-order valence-electron chi connectivity index (χ0n) is 10.9. The second-order valence-corrected chi connectivity index (χ2v) is 18.0. The van der Waals surface area contributed by atoms with Crippen LogP contribution in [0.5, 0.6) is 0 Å². The van der Waals surface area contributed by atoms with E-state index in [0.717, 1.165) is 0 Å². The highest BCUT2D eigenvalue weighted by atomic mass is 28.4. The van der Waals surface area contributed by atoms with Crippen LogP contribution in [0.2, 0.25) is 44.8 Å². The smallest absolute Gasteiger partial charge is 0.173 e. The number of hydrogen-bond donors (Lipinski definition) is 0. The highest BCUT2D eigenvalue weighted by Gasteiger charge is 2.21. The van der Waals surface area contributed by atoms with Crippen molar-refractivity contribution < 1.29 is 8.23 Å².